The number of hydrazine groups is 1. The molecule has 0 heterocycles. The SMILES string of the molecule is CCCC(=O)NNC(=S)Nc1ccccc1C(F)(F)F. The minimum Gasteiger partial charge on any atom is -0.331 e. The van der Waals surface area contributed by atoms with Crippen LogP contribution in [-0.4, -0.2) is 11.0 Å². The first-order chi connectivity index (χ1) is 9.34. The van der Waals surface area contributed by atoms with Gasteiger partial charge in [-0.2, -0.15) is 13.2 Å². The number of carbonyl (C=O) groups is 1. The maximum absolute atomic E-state index is 12.7. The van der Waals surface area contributed by atoms with Crippen molar-refractivity contribution < 1.29 is 18.0 Å². The fourth-order valence-corrected chi connectivity index (χ4v) is 1.57. The first-order valence-corrected chi connectivity index (χ1v) is 6.27. The van der Waals surface area contributed by atoms with E-state index in [-0.39, 0.29) is 16.7 Å². The maximum atomic E-state index is 12.7. The number of amides is 1. The lowest BCUT2D eigenvalue weighted by Crippen LogP contribution is -2.43. The number of anilines is 1. The molecule has 4 nitrogen and oxygen atoms in total. The van der Waals surface area contributed by atoms with E-state index in [1.54, 1.807) is 0 Å². The molecule has 0 unspecified atom stereocenters. The van der Waals surface area contributed by atoms with Crippen LogP contribution in [0.15, 0.2) is 24.3 Å². The van der Waals surface area contributed by atoms with Gasteiger partial charge in [-0.25, -0.2) is 0 Å². The first-order valence-electron chi connectivity index (χ1n) is 5.86. The third-order valence-corrected chi connectivity index (χ3v) is 2.48. The lowest BCUT2D eigenvalue weighted by Gasteiger charge is -2.15. The highest BCUT2D eigenvalue weighted by atomic mass is 32.1. The van der Waals surface area contributed by atoms with Crippen molar-refractivity contribution in [1.29, 1.82) is 0 Å². The van der Waals surface area contributed by atoms with E-state index >= 15 is 0 Å². The molecule has 1 rings (SSSR count). The normalized spacial score (nSPS) is 10.8. The van der Waals surface area contributed by atoms with Gasteiger partial charge in [0.15, 0.2) is 5.11 Å². The Labute approximate surface area is 119 Å². The number of alkyl halides is 3. The largest absolute Gasteiger partial charge is 0.418 e. The van der Waals surface area contributed by atoms with Gasteiger partial charge in [0.1, 0.15) is 0 Å². The van der Waals surface area contributed by atoms with Gasteiger partial charge in [-0.1, -0.05) is 19.1 Å². The monoisotopic (exact) mass is 305 g/mol. The van der Waals surface area contributed by atoms with E-state index in [0.29, 0.717) is 12.8 Å². The van der Waals surface area contributed by atoms with E-state index in [1.807, 2.05) is 6.92 Å². The smallest absolute Gasteiger partial charge is 0.331 e. The van der Waals surface area contributed by atoms with Gasteiger partial charge in [-0.3, -0.25) is 15.6 Å². The molecule has 0 atom stereocenters. The number of para-hydroxylation sites is 1. The van der Waals surface area contributed by atoms with E-state index in [4.69, 9.17) is 12.2 Å². The quantitative estimate of drug-likeness (QED) is 0.594. The second kappa shape index (κ2) is 7.09. The summed E-state index contributed by atoms with van der Waals surface area (Å²) in [5, 5.41) is 2.28. The van der Waals surface area contributed by atoms with Crippen molar-refractivity contribution >= 4 is 28.9 Å². The molecule has 8 heteroatoms. The van der Waals surface area contributed by atoms with Gasteiger partial charge in [0.25, 0.3) is 0 Å². The predicted molar refractivity (Wildman–Crippen MR) is 73.9 cm³/mol. The Kier molecular flexibility index (Phi) is 5.75. The zero-order chi connectivity index (χ0) is 15.2. The summed E-state index contributed by atoms with van der Waals surface area (Å²) in [4.78, 5) is 11.2. The molecule has 0 saturated carbocycles. The molecule has 0 fully saturated rings. The van der Waals surface area contributed by atoms with Crippen LogP contribution in [-0.2, 0) is 11.0 Å². The molecule has 0 aliphatic heterocycles. The number of benzene rings is 1. The average Bonchev–Trinajstić information content (AvgIpc) is 2.36. The Morgan fingerprint density at radius 2 is 1.90 bits per heavy atom. The summed E-state index contributed by atoms with van der Waals surface area (Å²) < 4.78 is 38.2. The molecule has 1 amide bonds. The third-order valence-electron chi connectivity index (χ3n) is 2.27. The maximum Gasteiger partial charge on any atom is 0.418 e. The van der Waals surface area contributed by atoms with Crippen molar-refractivity contribution in [2.45, 2.75) is 25.9 Å². The van der Waals surface area contributed by atoms with Crippen molar-refractivity contribution in [3.05, 3.63) is 29.8 Å². The van der Waals surface area contributed by atoms with Gasteiger partial charge in [0.05, 0.1) is 11.3 Å². The highest BCUT2D eigenvalue weighted by molar-refractivity contribution is 7.80. The Morgan fingerprint density at radius 3 is 2.50 bits per heavy atom. The Hall–Kier alpha value is -1.83. The van der Waals surface area contributed by atoms with E-state index in [2.05, 4.69) is 16.2 Å². The molecule has 20 heavy (non-hydrogen) atoms. The van der Waals surface area contributed by atoms with Gasteiger partial charge in [0, 0.05) is 6.42 Å². The molecule has 1 aromatic rings. The van der Waals surface area contributed by atoms with Crippen LogP contribution in [0.3, 0.4) is 0 Å². The van der Waals surface area contributed by atoms with Crippen LogP contribution >= 0.6 is 12.2 Å². The summed E-state index contributed by atoms with van der Waals surface area (Å²) in [6.45, 7) is 1.83. The van der Waals surface area contributed by atoms with Crippen LogP contribution < -0.4 is 16.2 Å². The van der Waals surface area contributed by atoms with Crippen LogP contribution in [0.5, 0.6) is 0 Å². The summed E-state index contributed by atoms with van der Waals surface area (Å²) >= 11 is 4.82. The van der Waals surface area contributed by atoms with Crippen LogP contribution in [0.25, 0.3) is 0 Å². The minimum atomic E-state index is -4.48. The van der Waals surface area contributed by atoms with Gasteiger partial charge in [-0.05, 0) is 30.8 Å². The molecule has 0 radical (unpaired) electrons. The van der Waals surface area contributed by atoms with E-state index in [0.717, 1.165) is 6.07 Å². The van der Waals surface area contributed by atoms with Gasteiger partial charge < -0.3 is 5.32 Å². The lowest BCUT2D eigenvalue weighted by molar-refractivity contribution is -0.137. The molecule has 0 bridgehead atoms. The summed E-state index contributed by atoms with van der Waals surface area (Å²) in [6.07, 6.45) is -3.52. The van der Waals surface area contributed by atoms with Gasteiger partial charge in [-0.15, -0.1) is 0 Å². The van der Waals surface area contributed by atoms with E-state index in [9.17, 15) is 18.0 Å². The molecular formula is C12H14F3N3OS. The number of hydrogen-bond acceptors (Lipinski definition) is 2. The lowest BCUT2D eigenvalue weighted by atomic mass is 10.2. The molecule has 0 aromatic heterocycles. The zero-order valence-corrected chi connectivity index (χ0v) is 11.5. The van der Waals surface area contributed by atoms with Crippen molar-refractivity contribution in [2.75, 3.05) is 5.32 Å². The Bertz CT molecular complexity index is 491. The number of carbonyl (C=O) groups excluding carboxylic acids is 1. The fourth-order valence-electron chi connectivity index (χ4n) is 1.41. The van der Waals surface area contributed by atoms with E-state index in [1.165, 1.54) is 18.2 Å². The third kappa shape index (κ3) is 5.04. The topological polar surface area (TPSA) is 53.2 Å². The van der Waals surface area contributed by atoms with Gasteiger partial charge in [0.2, 0.25) is 5.91 Å². The fraction of sp³-hybridized carbons (Fsp3) is 0.333. The van der Waals surface area contributed by atoms with Crippen molar-refractivity contribution in [1.82, 2.24) is 10.9 Å². The molecule has 3 N–H and O–H groups in total. The Morgan fingerprint density at radius 1 is 1.25 bits per heavy atom. The van der Waals surface area contributed by atoms with Crippen LogP contribution in [0, 0.1) is 0 Å². The molecule has 0 saturated heterocycles. The first kappa shape index (κ1) is 16.2. The summed E-state index contributed by atoms with van der Waals surface area (Å²) in [5.41, 5.74) is 3.63. The number of rotatable bonds is 3. The summed E-state index contributed by atoms with van der Waals surface area (Å²) in [7, 11) is 0. The van der Waals surface area contributed by atoms with Crippen molar-refractivity contribution in [3.8, 4) is 0 Å². The summed E-state index contributed by atoms with van der Waals surface area (Å²) in [5.74, 6) is -0.291. The van der Waals surface area contributed by atoms with Crippen LogP contribution in [0.2, 0.25) is 0 Å². The minimum absolute atomic E-state index is 0.119. The molecule has 0 aliphatic rings. The Balaban J connectivity index is 2.65. The summed E-state index contributed by atoms with van der Waals surface area (Å²) in [6, 6.07) is 4.94. The average molecular weight is 305 g/mol. The highest BCUT2D eigenvalue weighted by Gasteiger charge is 2.33. The number of thiocarbonyl (C=S) groups is 1. The van der Waals surface area contributed by atoms with E-state index < -0.39 is 11.7 Å². The zero-order valence-electron chi connectivity index (χ0n) is 10.7. The molecule has 0 aliphatic carbocycles. The number of nitrogens with one attached hydrogen (secondary N) is 3. The predicted octanol–water partition coefficient (Wildman–Crippen LogP) is 2.82. The standard InChI is InChI=1S/C12H14F3N3OS/c1-2-5-10(19)17-18-11(20)16-9-7-4-3-6-8(9)12(13,14)15/h3-4,6-7H,2,5H2,1H3,(H,17,19)(H2,16,18,20). The molecule has 110 valence electrons. The second-order valence-corrected chi connectivity index (χ2v) is 4.33. The molecular weight excluding hydrogens is 291 g/mol. The van der Waals surface area contributed by atoms with Crippen molar-refractivity contribution in [3.63, 3.8) is 0 Å². The second-order valence-electron chi connectivity index (χ2n) is 3.92. The molecule has 1 aromatic carbocycles. The van der Waals surface area contributed by atoms with Crippen LogP contribution in [0.4, 0.5) is 18.9 Å². The molecule has 0 spiro atoms. The van der Waals surface area contributed by atoms with Crippen LogP contribution in [0.1, 0.15) is 25.3 Å². The highest BCUT2D eigenvalue weighted by Crippen LogP contribution is 2.34. The van der Waals surface area contributed by atoms with Gasteiger partial charge >= 0.3 is 6.18 Å². The number of halogens is 3. The number of hydrogen-bond donors (Lipinski definition) is 3. The van der Waals surface area contributed by atoms with Crippen molar-refractivity contribution in [2.24, 2.45) is 0 Å².